The van der Waals surface area contributed by atoms with Gasteiger partial charge in [-0.25, -0.2) is 4.39 Å². The first-order chi connectivity index (χ1) is 15.3. The van der Waals surface area contributed by atoms with E-state index in [-0.39, 0.29) is 22.1 Å². The molecule has 0 aliphatic rings. The summed E-state index contributed by atoms with van der Waals surface area (Å²) in [5, 5.41) is 9.63. The summed E-state index contributed by atoms with van der Waals surface area (Å²) in [6.07, 6.45) is 2.74. The molecule has 9 nitrogen and oxygen atoms in total. The number of thiophene rings is 1. The highest BCUT2D eigenvalue weighted by Crippen LogP contribution is 2.25. The van der Waals surface area contributed by atoms with Gasteiger partial charge in [0.25, 0.3) is 11.5 Å². The van der Waals surface area contributed by atoms with Crippen LogP contribution in [-0.2, 0) is 17.6 Å². The molecule has 11 heteroatoms. The zero-order valence-electron chi connectivity index (χ0n) is 16.6. The van der Waals surface area contributed by atoms with Crippen LogP contribution in [-0.4, -0.2) is 38.5 Å². The summed E-state index contributed by atoms with van der Waals surface area (Å²) in [6, 6.07) is 8.87. The normalized spacial score (nSPS) is 11.0. The zero-order valence-corrected chi connectivity index (χ0v) is 17.4. The molecule has 0 fully saturated rings. The van der Waals surface area contributed by atoms with Gasteiger partial charge in [-0.2, -0.15) is 4.98 Å². The van der Waals surface area contributed by atoms with Gasteiger partial charge in [-0.1, -0.05) is 12.1 Å². The van der Waals surface area contributed by atoms with Crippen LogP contribution in [0, 0.1) is 5.82 Å². The van der Waals surface area contributed by atoms with Gasteiger partial charge >= 0.3 is 5.97 Å². The Morgan fingerprint density at radius 1 is 1.19 bits per heavy atom. The number of para-hydroxylation sites is 1. The first-order valence-electron chi connectivity index (χ1n) is 9.56. The number of anilines is 2. The highest BCUT2D eigenvalue weighted by Gasteiger charge is 2.24. The number of aryl methyl sites for hydroxylation is 2. The van der Waals surface area contributed by atoms with E-state index in [9.17, 15) is 23.9 Å². The molecule has 4 rings (SSSR count). The van der Waals surface area contributed by atoms with Crippen LogP contribution in [0.3, 0.4) is 0 Å². The summed E-state index contributed by atoms with van der Waals surface area (Å²) >= 11 is 1.19. The third-order valence-corrected chi connectivity index (χ3v) is 5.97. The lowest BCUT2D eigenvalue weighted by Gasteiger charge is -2.20. The molecular weight excluding hydrogens is 437 g/mol. The predicted molar refractivity (Wildman–Crippen MR) is 119 cm³/mol. The molecule has 0 spiro atoms. The number of carbonyl (C=O) groups excluding carboxylic acids is 1. The average molecular weight is 455 g/mol. The standard InChI is InChI=1S/C21H18FN5O4S/c22-13-3-1-2-4-14(13)27(10-16(28)29)20(31)15-8-7-12(32-15)6-5-11-9-24-18-17(11)19(30)26-21(23)25-18/h1-4,7-9H,5-6,10H2,(H,28,29)(H4,23,24,25,26,30). The van der Waals surface area contributed by atoms with Crippen molar-refractivity contribution in [1.82, 2.24) is 15.0 Å². The molecule has 3 heterocycles. The number of carbonyl (C=O) groups is 2. The molecule has 3 aromatic heterocycles. The number of aromatic amines is 2. The van der Waals surface area contributed by atoms with Crippen molar-refractivity contribution in [2.24, 2.45) is 0 Å². The number of nitrogens with two attached hydrogens (primary N) is 1. The highest BCUT2D eigenvalue weighted by atomic mass is 32.1. The summed E-state index contributed by atoms with van der Waals surface area (Å²) in [5.74, 6) is -2.51. The number of hydrogen-bond acceptors (Lipinski definition) is 6. The Hall–Kier alpha value is -3.99. The van der Waals surface area contributed by atoms with E-state index in [4.69, 9.17) is 5.73 Å². The van der Waals surface area contributed by atoms with Crippen LogP contribution in [0.1, 0.15) is 20.1 Å². The number of fused-ring (bicyclic) bond motifs is 1. The van der Waals surface area contributed by atoms with Gasteiger partial charge in [0, 0.05) is 11.1 Å². The summed E-state index contributed by atoms with van der Waals surface area (Å²) in [7, 11) is 0. The minimum atomic E-state index is -1.25. The second-order valence-corrected chi connectivity index (χ2v) is 8.16. The Morgan fingerprint density at radius 3 is 2.72 bits per heavy atom. The number of aliphatic carboxylic acids is 1. The fourth-order valence-electron chi connectivity index (χ4n) is 3.41. The number of aromatic nitrogens is 3. The van der Waals surface area contributed by atoms with Gasteiger partial charge in [0.15, 0.2) is 0 Å². The van der Waals surface area contributed by atoms with E-state index in [2.05, 4.69) is 15.0 Å². The van der Waals surface area contributed by atoms with Crippen LogP contribution < -0.4 is 16.2 Å². The lowest BCUT2D eigenvalue weighted by Crippen LogP contribution is -2.35. The SMILES string of the molecule is Nc1nc2[nH]cc(CCc3ccc(C(=O)N(CC(=O)O)c4ccccc4F)s3)c2c(=O)[nH]1. The number of carboxylic acid groups (broad SMARTS) is 1. The van der Waals surface area contributed by atoms with Crippen molar-refractivity contribution in [2.75, 3.05) is 17.2 Å². The molecule has 164 valence electrons. The maximum Gasteiger partial charge on any atom is 0.323 e. The number of nitrogens with zero attached hydrogens (tertiary/aromatic N) is 2. The van der Waals surface area contributed by atoms with Gasteiger partial charge in [0.05, 0.1) is 16.0 Å². The Bertz CT molecular complexity index is 1380. The number of H-pyrrole nitrogens is 2. The number of hydrogen-bond donors (Lipinski definition) is 4. The first kappa shape index (κ1) is 21.2. The summed E-state index contributed by atoms with van der Waals surface area (Å²) in [6.45, 7) is -0.665. The van der Waals surface area contributed by atoms with Crippen molar-refractivity contribution in [3.8, 4) is 0 Å². The van der Waals surface area contributed by atoms with Crippen LogP contribution in [0.15, 0.2) is 47.4 Å². The number of benzene rings is 1. The molecule has 0 radical (unpaired) electrons. The van der Waals surface area contributed by atoms with E-state index >= 15 is 0 Å². The predicted octanol–water partition coefficient (Wildman–Crippen LogP) is 2.55. The van der Waals surface area contributed by atoms with Gasteiger partial charge in [0.1, 0.15) is 18.0 Å². The van der Waals surface area contributed by atoms with Gasteiger partial charge in [0.2, 0.25) is 5.95 Å². The lowest BCUT2D eigenvalue weighted by molar-refractivity contribution is -0.135. The summed E-state index contributed by atoms with van der Waals surface area (Å²) < 4.78 is 14.2. The molecule has 0 aliphatic heterocycles. The highest BCUT2D eigenvalue weighted by molar-refractivity contribution is 7.14. The number of rotatable bonds is 7. The molecule has 1 aromatic carbocycles. The van der Waals surface area contributed by atoms with Crippen molar-refractivity contribution >= 4 is 45.9 Å². The maximum atomic E-state index is 14.2. The molecule has 4 aromatic rings. The van der Waals surface area contributed by atoms with E-state index < -0.39 is 24.2 Å². The van der Waals surface area contributed by atoms with E-state index in [1.54, 1.807) is 18.3 Å². The quantitative estimate of drug-likeness (QED) is 0.337. The van der Waals surface area contributed by atoms with Crippen LogP contribution in [0.5, 0.6) is 0 Å². The van der Waals surface area contributed by atoms with E-state index in [0.29, 0.717) is 23.9 Å². The molecule has 0 bridgehead atoms. The Morgan fingerprint density at radius 2 is 1.97 bits per heavy atom. The Labute approximate surface area is 184 Å². The molecule has 1 amide bonds. The monoisotopic (exact) mass is 455 g/mol. The summed E-state index contributed by atoms with van der Waals surface area (Å²) in [5.41, 5.74) is 6.28. The molecule has 0 unspecified atom stereocenters. The smallest absolute Gasteiger partial charge is 0.323 e. The van der Waals surface area contributed by atoms with Crippen LogP contribution in [0.4, 0.5) is 16.0 Å². The van der Waals surface area contributed by atoms with Gasteiger partial charge in [-0.3, -0.25) is 24.3 Å². The third-order valence-electron chi connectivity index (χ3n) is 4.84. The van der Waals surface area contributed by atoms with E-state index in [1.165, 1.54) is 35.6 Å². The van der Waals surface area contributed by atoms with Gasteiger partial charge in [-0.05, 0) is 42.7 Å². The largest absolute Gasteiger partial charge is 0.480 e. The fourth-order valence-corrected chi connectivity index (χ4v) is 4.36. The molecule has 0 saturated carbocycles. The lowest BCUT2D eigenvalue weighted by atomic mass is 10.1. The minimum absolute atomic E-state index is 0.0260. The number of carboxylic acids is 1. The van der Waals surface area contributed by atoms with E-state index in [0.717, 1.165) is 15.3 Å². The molecule has 0 atom stereocenters. The van der Waals surface area contributed by atoms with Crippen molar-refractivity contribution in [1.29, 1.82) is 0 Å². The zero-order chi connectivity index (χ0) is 22.8. The van der Waals surface area contributed by atoms with Gasteiger partial charge < -0.3 is 15.8 Å². The van der Waals surface area contributed by atoms with Crippen LogP contribution >= 0.6 is 11.3 Å². The van der Waals surface area contributed by atoms with E-state index in [1.807, 2.05) is 0 Å². The van der Waals surface area contributed by atoms with Crippen LogP contribution in [0.2, 0.25) is 0 Å². The second-order valence-electron chi connectivity index (χ2n) is 6.99. The first-order valence-corrected chi connectivity index (χ1v) is 10.4. The molecule has 5 N–H and O–H groups in total. The van der Waals surface area contributed by atoms with Crippen molar-refractivity contribution in [3.05, 3.63) is 74.1 Å². The minimum Gasteiger partial charge on any atom is -0.480 e. The molecule has 32 heavy (non-hydrogen) atoms. The number of nitrogens with one attached hydrogen (secondary N) is 2. The third kappa shape index (κ3) is 4.23. The number of halogens is 1. The molecular formula is C21H18FN5O4S. The second kappa shape index (κ2) is 8.63. The van der Waals surface area contributed by atoms with Crippen molar-refractivity contribution < 1.29 is 19.1 Å². The van der Waals surface area contributed by atoms with Gasteiger partial charge in [-0.15, -0.1) is 11.3 Å². The molecule has 0 aliphatic carbocycles. The van der Waals surface area contributed by atoms with Crippen molar-refractivity contribution in [3.63, 3.8) is 0 Å². The number of amides is 1. The fraction of sp³-hybridized carbons (Fsp3) is 0.143. The Kier molecular flexibility index (Phi) is 5.73. The number of nitrogen functional groups attached to an aromatic ring is 1. The van der Waals surface area contributed by atoms with Crippen LogP contribution in [0.25, 0.3) is 11.0 Å². The summed E-state index contributed by atoms with van der Waals surface area (Å²) in [4.78, 5) is 47.9. The van der Waals surface area contributed by atoms with Crippen molar-refractivity contribution in [2.45, 2.75) is 12.8 Å². The topological polar surface area (TPSA) is 145 Å². The average Bonchev–Trinajstić information content (AvgIpc) is 3.37. The Balaban J connectivity index is 1.54. The molecule has 0 saturated heterocycles. The maximum absolute atomic E-state index is 14.2.